The first kappa shape index (κ1) is 23.4. The van der Waals surface area contributed by atoms with Gasteiger partial charge in [-0.1, -0.05) is 29.8 Å². The molecule has 1 saturated heterocycles. The van der Waals surface area contributed by atoms with Crippen molar-refractivity contribution >= 4 is 58.1 Å². The Bertz CT molecular complexity index is 1060. The van der Waals surface area contributed by atoms with Gasteiger partial charge in [0.05, 0.1) is 12.1 Å². The number of nitrogens with zero attached hydrogens (tertiary/aromatic N) is 3. The first-order valence-corrected chi connectivity index (χ1v) is 10.4. The number of aliphatic imine (C=N–C) groups is 1. The second-order valence-corrected chi connectivity index (χ2v) is 7.77. The van der Waals surface area contributed by atoms with E-state index in [2.05, 4.69) is 49.8 Å². The minimum atomic E-state index is 0. The number of aromatic nitrogens is 1. The molecule has 1 atom stereocenters. The lowest BCUT2D eigenvalue weighted by Gasteiger charge is -2.20. The average Bonchev–Trinajstić information content (AvgIpc) is 3.24. The average molecular weight is 552 g/mol. The Morgan fingerprint density at radius 2 is 2.03 bits per heavy atom. The van der Waals surface area contributed by atoms with E-state index in [0.717, 1.165) is 37.0 Å². The van der Waals surface area contributed by atoms with E-state index in [1.54, 1.807) is 20.4 Å². The van der Waals surface area contributed by atoms with Crippen molar-refractivity contribution in [3.8, 4) is 5.75 Å². The van der Waals surface area contributed by atoms with Gasteiger partial charge in [-0.2, -0.15) is 0 Å². The van der Waals surface area contributed by atoms with Gasteiger partial charge in [-0.3, -0.25) is 4.99 Å². The van der Waals surface area contributed by atoms with Gasteiger partial charge in [0.25, 0.3) is 0 Å². The molecular weight excluding hydrogens is 525 g/mol. The molecule has 6 nitrogen and oxygen atoms in total. The van der Waals surface area contributed by atoms with Gasteiger partial charge in [-0.15, -0.1) is 24.0 Å². The van der Waals surface area contributed by atoms with Crippen LogP contribution in [0.3, 0.4) is 0 Å². The van der Waals surface area contributed by atoms with Crippen molar-refractivity contribution in [2.75, 3.05) is 32.1 Å². The van der Waals surface area contributed by atoms with Gasteiger partial charge in [-0.05, 0) is 53.1 Å². The summed E-state index contributed by atoms with van der Waals surface area (Å²) in [6, 6.07) is 16.6. The zero-order valence-electron chi connectivity index (χ0n) is 17.6. The van der Waals surface area contributed by atoms with Crippen LogP contribution < -0.4 is 20.3 Å². The Morgan fingerprint density at radius 3 is 2.81 bits per heavy atom. The summed E-state index contributed by atoms with van der Waals surface area (Å²) in [4.78, 5) is 11.0. The molecule has 0 spiro atoms. The summed E-state index contributed by atoms with van der Waals surface area (Å²) in [5, 5.41) is 9.98. The molecule has 2 N–H and O–H groups in total. The van der Waals surface area contributed by atoms with Gasteiger partial charge in [0.15, 0.2) is 5.96 Å². The molecule has 8 heteroatoms. The topological polar surface area (TPSA) is 61.8 Å². The molecule has 1 unspecified atom stereocenters. The molecule has 0 saturated carbocycles. The predicted molar refractivity (Wildman–Crippen MR) is 139 cm³/mol. The highest BCUT2D eigenvalue weighted by atomic mass is 127. The highest BCUT2D eigenvalue weighted by Crippen LogP contribution is 2.26. The highest BCUT2D eigenvalue weighted by molar-refractivity contribution is 14.0. The van der Waals surface area contributed by atoms with Gasteiger partial charge in [-0.25, -0.2) is 4.98 Å². The molecule has 1 aliphatic heterocycles. The van der Waals surface area contributed by atoms with Crippen LogP contribution in [0.15, 0.2) is 59.7 Å². The second kappa shape index (κ2) is 10.9. The van der Waals surface area contributed by atoms with Crippen LogP contribution in [0.2, 0.25) is 5.02 Å². The van der Waals surface area contributed by atoms with Crippen LogP contribution >= 0.6 is 35.6 Å². The summed E-state index contributed by atoms with van der Waals surface area (Å²) >= 11 is 6.29. The number of benzene rings is 2. The van der Waals surface area contributed by atoms with Crippen LogP contribution in [0, 0.1) is 0 Å². The van der Waals surface area contributed by atoms with Crippen LogP contribution in [0.5, 0.6) is 5.75 Å². The molecule has 1 aromatic heterocycles. The number of nitrogens with one attached hydrogen (secondary N) is 2. The minimum Gasteiger partial charge on any atom is -0.497 e. The van der Waals surface area contributed by atoms with Gasteiger partial charge >= 0.3 is 0 Å². The maximum absolute atomic E-state index is 6.29. The molecule has 1 fully saturated rings. The van der Waals surface area contributed by atoms with E-state index in [-0.39, 0.29) is 24.0 Å². The number of anilines is 1. The van der Waals surface area contributed by atoms with E-state index in [1.807, 2.05) is 24.3 Å². The number of ether oxygens (including phenoxy) is 1. The maximum atomic E-state index is 6.29. The van der Waals surface area contributed by atoms with Crippen molar-refractivity contribution in [1.82, 2.24) is 15.6 Å². The quantitative estimate of drug-likeness (QED) is 0.279. The fourth-order valence-corrected chi connectivity index (χ4v) is 4.01. The van der Waals surface area contributed by atoms with Crippen LogP contribution in [0.1, 0.15) is 12.0 Å². The molecule has 164 valence electrons. The first-order valence-electron chi connectivity index (χ1n) is 10.1. The first-order chi connectivity index (χ1) is 14.7. The van der Waals surface area contributed by atoms with Crippen molar-refractivity contribution in [2.45, 2.75) is 19.0 Å². The van der Waals surface area contributed by atoms with Crippen molar-refractivity contribution in [2.24, 2.45) is 4.99 Å². The summed E-state index contributed by atoms with van der Waals surface area (Å²) in [7, 11) is 3.48. The van der Waals surface area contributed by atoms with E-state index in [4.69, 9.17) is 16.3 Å². The smallest absolute Gasteiger partial charge is 0.191 e. The molecule has 0 aliphatic carbocycles. The Morgan fingerprint density at radius 1 is 1.23 bits per heavy atom. The Balaban J connectivity index is 0.00000272. The highest BCUT2D eigenvalue weighted by Gasteiger charge is 2.25. The molecule has 0 amide bonds. The number of halogens is 2. The zero-order chi connectivity index (χ0) is 20.9. The third-order valence-corrected chi connectivity index (χ3v) is 5.66. The van der Waals surface area contributed by atoms with Gasteiger partial charge in [0.1, 0.15) is 11.6 Å². The van der Waals surface area contributed by atoms with Gasteiger partial charge < -0.3 is 20.3 Å². The van der Waals surface area contributed by atoms with Crippen LogP contribution in [-0.4, -0.2) is 44.2 Å². The maximum Gasteiger partial charge on any atom is 0.191 e. The van der Waals surface area contributed by atoms with E-state index in [1.165, 1.54) is 16.3 Å². The van der Waals surface area contributed by atoms with E-state index in [9.17, 15) is 0 Å². The number of pyridine rings is 1. The monoisotopic (exact) mass is 551 g/mol. The Labute approximate surface area is 205 Å². The fourth-order valence-electron chi connectivity index (χ4n) is 3.76. The molecule has 31 heavy (non-hydrogen) atoms. The van der Waals surface area contributed by atoms with Gasteiger partial charge in [0, 0.05) is 38.9 Å². The van der Waals surface area contributed by atoms with Crippen molar-refractivity contribution < 1.29 is 4.74 Å². The standard InChI is InChI=1S/C23H26ClN5O.HI/c1-25-23(28-19-9-11-29(15-19)22-21(24)4-3-10-26-22)27-14-16-5-6-18-13-20(30-2)8-7-17(18)12-16;/h3-8,10,12-13,19H,9,11,14-15H2,1-2H3,(H2,25,27,28);1H. The summed E-state index contributed by atoms with van der Waals surface area (Å²) in [5.74, 6) is 2.51. The lowest BCUT2D eigenvalue weighted by molar-refractivity contribution is 0.415. The summed E-state index contributed by atoms with van der Waals surface area (Å²) in [6.45, 7) is 2.46. The van der Waals surface area contributed by atoms with E-state index < -0.39 is 0 Å². The number of fused-ring (bicyclic) bond motifs is 1. The van der Waals surface area contributed by atoms with Crippen LogP contribution in [0.25, 0.3) is 10.8 Å². The molecule has 3 aromatic rings. The SMILES string of the molecule is CN=C(NCc1ccc2cc(OC)ccc2c1)NC1CCN(c2ncccc2Cl)C1.I. The zero-order valence-corrected chi connectivity index (χ0v) is 20.7. The molecule has 2 aromatic carbocycles. The van der Waals surface area contributed by atoms with Gasteiger partial charge in [0.2, 0.25) is 0 Å². The number of hydrogen-bond donors (Lipinski definition) is 2. The number of hydrogen-bond acceptors (Lipinski definition) is 4. The lowest BCUT2D eigenvalue weighted by Crippen LogP contribution is -2.44. The molecule has 0 radical (unpaired) electrons. The van der Waals surface area contributed by atoms with E-state index in [0.29, 0.717) is 17.6 Å². The fraction of sp³-hybridized carbons (Fsp3) is 0.304. The molecular formula is C23H27ClIN5O. The third kappa shape index (κ3) is 5.71. The summed E-state index contributed by atoms with van der Waals surface area (Å²) < 4.78 is 5.30. The van der Waals surface area contributed by atoms with Crippen molar-refractivity contribution in [3.63, 3.8) is 0 Å². The number of rotatable bonds is 5. The van der Waals surface area contributed by atoms with Crippen LogP contribution in [0.4, 0.5) is 5.82 Å². The predicted octanol–water partition coefficient (Wildman–Crippen LogP) is 4.46. The number of guanidine groups is 1. The summed E-state index contributed by atoms with van der Waals surface area (Å²) in [5.41, 5.74) is 1.20. The largest absolute Gasteiger partial charge is 0.497 e. The third-order valence-electron chi connectivity index (χ3n) is 5.36. The van der Waals surface area contributed by atoms with Crippen molar-refractivity contribution in [3.05, 3.63) is 65.3 Å². The molecule has 4 rings (SSSR count). The molecule has 0 bridgehead atoms. The molecule has 1 aliphatic rings. The number of methoxy groups -OCH3 is 1. The van der Waals surface area contributed by atoms with Crippen LogP contribution in [-0.2, 0) is 6.54 Å². The minimum absolute atomic E-state index is 0. The second-order valence-electron chi connectivity index (χ2n) is 7.36. The normalized spacial score (nSPS) is 16.2. The molecule has 2 heterocycles. The summed E-state index contributed by atoms with van der Waals surface area (Å²) in [6.07, 6.45) is 2.79. The Kier molecular flexibility index (Phi) is 8.20. The lowest BCUT2D eigenvalue weighted by atomic mass is 10.1. The Hall–Kier alpha value is -2.26. The van der Waals surface area contributed by atoms with Crippen molar-refractivity contribution in [1.29, 1.82) is 0 Å². The van der Waals surface area contributed by atoms with E-state index >= 15 is 0 Å².